The molecule has 0 saturated heterocycles. The zero-order valence-electron chi connectivity index (χ0n) is 5.82. The first-order valence-corrected chi connectivity index (χ1v) is 3.48. The van der Waals surface area contributed by atoms with Gasteiger partial charge in [0, 0.05) is 6.07 Å². The van der Waals surface area contributed by atoms with E-state index < -0.39 is 0 Å². The Labute approximate surface area is 67.8 Å². The number of hydrogen-bond donors (Lipinski definition) is 0. The molecule has 0 saturated carbocycles. The van der Waals surface area contributed by atoms with Crippen molar-refractivity contribution in [1.82, 2.24) is 19.6 Å². The van der Waals surface area contributed by atoms with E-state index in [1.54, 1.807) is 16.8 Å². The van der Waals surface area contributed by atoms with Crippen molar-refractivity contribution in [3.05, 3.63) is 23.4 Å². The number of nitrogens with zero attached hydrogens (tertiary/aromatic N) is 4. The average Bonchev–Trinajstić information content (AvgIpc) is 2.32. The summed E-state index contributed by atoms with van der Waals surface area (Å²) in [6.07, 6.45) is 1.60. The van der Waals surface area contributed by atoms with Gasteiger partial charge in [0.25, 0.3) is 0 Å². The normalized spacial score (nSPS) is 10.7. The predicted octanol–water partition coefficient (Wildman–Crippen LogP) is 1.09. The molecule has 0 fully saturated rings. The van der Waals surface area contributed by atoms with Crippen LogP contribution in [0.15, 0.2) is 12.4 Å². The highest BCUT2D eigenvalue weighted by Gasteiger charge is 1.99. The van der Waals surface area contributed by atoms with E-state index in [1.165, 1.54) is 0 Å². The molecule has 5 heteroatoms. The molecule has 2 aromatic heterocycles. The third-order valence-electron chi connectivity index (χ3n) is 1.44. The Bertz CT molecular complexity index is 394. The molecule has 0 bridgehead atoms. The third-order valence-corrected chi connectivity index (χ3v) is 1.64. The molecule has 0 aromatic carbocycles. The van der Waals surface area contributed by atoms with Crippen molar-refractivity contribution < 1.29 is 0 Å². The molecular weight excluding hydrogens is 164 g/mol. The second-order valence-electron chi connectivity index (χ2n) is 2.19. The number of halogens is 1. The fraction of sp³-hybridized carbons (Fsp3) is 0.167. The molecule has 0 atom stereocenters. The number of hydrogen-bond acceptors (Lipinski definition) is 3. The lowest BCUT2D eigenvalue weighted by molar-refractivity contribution is 0.983. The maximum Gasteiger partial charge on any atom is 0.165 e. The second kappa shape index (κ2) is 2.17. The lowest BCUT2D eigenvalue weighted by Gasteiger charge is -1.91. The van der Waals surface area contributed by atoms with Crippen molar-refractivity contribution >= 4 is 17.2 Å². The third kappa shape index (κ3) is 0.952. The molecule has 2 heterocycles. The molecule has 2 rings (SSSR count). The molecule has 0 amide bonds. The summed E-state index contributed by atoms with van der Waals surface area (Å²) in [6, 6.07) is 1.67. The van der Waals surface area contributed by atoms with Gasteiger partial charge in [0.1, 0.15) is 17.3 Å². The maximum atomic E-state index is 5.64. The van der Waals surface area contributed by atoms with E-state index in [0.29, 0.717) is 5.15 Å². The number of aryl methyl sites for hydroxylation is 1. The minimum Gasteiger partial charge on any atom is -0.269 e. The van der Waals surface area contributed by atoms with Gasteiger partial charge in [0.15, 0.2) is 5.65 Å². The Hall–Kier alpha value is -1.16. The first kappa shape index (κ1) is 6.54. The SMILES string of the molecule is Cc1nnc2cc(Cl)ncn12. The minimum atomic E-state index is 0.435. The molecule has 4 nitrogen and oxygen atoms in total. The topological polar surface area (TPSA) is 43.1 Å². The van der Waals surface area contributed by atoms with Gasteiger partial charge in [0.2, 0.25) is 0 Å². The van der Waals surface area contributed by atoms with Gasteiger partial charge in [-0.15, -0.1) is 10.2 Å². The Morgan fingerprint density at radius 3 is 3.09 bits per heavy atom. The number of fused-ring (bicyclic) bond motifs is 1. The van der Waals surface area contributed by atoms with Gasteiger partial charge in [-0.25, -0.2) is 4.98 Å². The first-order valence-electron chi connectivity index (χ1n) is 3.10. The van der Waals surface area contributed by atoms with E-state index >= 15 is 0 Å². The quantitative estimate of drug-likeness (QED) is 0.553. The van der Waals surface area contributed by atoms with E-state index in [1.807, 2.05) is 6.92 Å². The summed E-state index contributed by atoms with van der Waals surface area (Å²) in [7, 11) is 0. The van der Waals surface area contributed by atoms with Crippen LogP contribution >= 0.6 is 11.6 Å². The lowest BCUT2D eigenvalue weighted by Crippen LogP contribution is -1.88. The van der Waals surface area contributed by atoms with Gasteiger partial charge in [0.05, 0.1) is 0 Å². The average molecular weight is 169 g/mol. The fourth-order valence-corrected chi connectivity index (χ4v) is 1.02. The largest absolute Gasteiger partial charge is 0.269 e. The number of aromatic nitrogens is 4. The Balaban J connectivity index is 2.86. The molecule has 11 heavy (non-hydrogen) atoms. The first-order chi connectivity index (χ1) is 5.27. The molecule has 0 aliphatic rings. The van der Waals surface area contributed by atoms with Gasteiger partial charge in [-0.3, -0.25) is 4.40 Å². The van der Waals surface area contributed by atoms with Crippen LogP contribution in [0.2, 0.25) is 5.15 Å². The molecule has 0 aliphatic heterocycles. The second-order valence-corrected chi connectivity index (χ2v) is 2.57. The van der Waals surface area contributed by atoms with Gasteiger partial charge >= 0.3 is 0 Å². The fourth-order valence-electron chi connectivity index (χ4n) is 0.884. The van der Waals surface area contributed by atoms with Crippen molar-refractivity contribution in [2.24, 2.45) is 0 Å². The summed E-state index contributed by atoms with van der Waals surface area (Å²) < 4.78 is 1.77. The van der Waals surface area contributed by atoms with E-state index in [9.17, 15) is 0 Å². The van der Waals surface area contributed by atoms with Crippen LogP contribution in [0.5, 0.6) is 0 Å². The van der Waals surface area contributed by atoms with Crippen molar-refractivity contribution in [2.45, 2.75) is 6.92 Å². The molecule has 0 N–H and O–H groups in total. The summed E-state index contributed by atoms with van der Waals surface area (Å²) in [5.41, 5.74) is 0.725. The highest BCUT2D eigenvalue weighted by Crippen LogP contribution is 2.07. The summed E-state index contributed by atoms with van der Waals surface area (Å²) >= 11 is 5.64. The molecule has 0 spiro atoms. The van der Waals surface area contributed by atoms with Gasteiger partial charge in [-0.1, -0.05) is 11.6 Å². The van der Waals surface area contributed by atoms with Crippen molar-refractivity contribution in [2.75, 3.05) is 0 Å². The Morgan fingerprint density at radius 2 is 2.27 bits per heavy atom. The van der Waals surface area contributed by atoms with Crippen LogP contribution in [0.1, 0.15) is 5.82 Å². The summed E-state index contributed by atoms with van der Waals surface area (Å²) in [5.74, 6) is 0.809. The molecule has 0 radical (unpaired) electrons. The molecule has 2 aromatic rings. The van der Waals surface area contributed by atoms with Crippen LogP contribution < -0.4 is 0 Å². The predicted molar refractivity (Wildman–Crippen MR) is 40.5 cm³/mol. The monoisotopic (exact) mass is 168 g/mol. The highest BCUT2D eigenvalue weighted by molar-refractivity contribution is 6.29. The van der Waals surface area contributed by atoms with Crippen LogP contribution in [0, 0.1) is 6.92 Å². The summed E-state index contributed by atoms with van der Waals surface area (Å²) in [6.45, 7) is 1.86. The van der Waals surface area contributed by atoms with Gasteiger partial charge < -0.3 is 0 Å². The van der Waals surface area contributed by atoms with Gasteiger partial charge in [-0.05, 0) is 6.92 Å². The van der Waals surface area contributed by atoms with E-state index in [-0.39, 0.29) is 0 Å². The zero-order chi connectivity index (χ0) is 7.84. The Morgan fingerprint density at radius 1 is 1.45 bits per heavy atom. The van der Waals surface area contributed by atoms with Crippen molar-refractivity contribution in [3.8, 4) is 0 Å². The maximum absolute atomic E-state index is 5.64. The van der Waals surface area contributed by atoms with Crippen LogP contribution in [-0.4, -0.2) is 19.6 Å². The van der Waals surface area contributed by atoms with Crippen LogP contribution in [0.3, 0.4) is 0 Å². The highest BCUT2D eigenvalue weighted by atomic mass is 35.5. The van der Waals surface area contributed by atoms with Crippen molar-refractivity contribution in [1.29, 1.82) is 0 Å². The Kier molecular flexibility index (Phi) is 1.29. The molecular formula is C6H5ClN4. The molecule has 56 valence electrons. The zero-order valence-corrected chi connectivity index (χ0v) is 6.58. The van der Waals surface area contributed by atoms with Crippen LogP contribution in [-0.2, 0) is 0 Å². The van der Waals surface area contributed by atoms with E-state index in [0.717, 1.165) is 11.5 Å². The van der Waals surface area contributed by atoms with Crippen LogP contribution in [0.4, 0.5) is 0 Å². The summed E-state index contributed by atoms with van der Waals surface area (Å²) in [5, 5.41) is 8.15. The molecule has 0 aliphatic carbocycles. The number of rotatable bonds is 0. The smallest absolute Gasteiger partial charge is 0.165 e. The lowest BCUT2D eigenvalue weighted by atomic mass is 10.6. The van der Waals surface area contributed by atoms with E-state index in [2.05, 4.69) is 15.2 Å². The standard InChI is InChI=1S/C6H5ClN4/c1-4-9-10-6-2-5(7)8-3-11(4)6/h2-3H,1H3. The van der Waals surface area contributed by atoms with Gasteiger partial charge in [-0.2, -0.15) is 0 Å². The van der Waals surface area contributed by atoms with Crippen LogP contribution in [0.25, 0.3) is 5.65 Å². The summed E-state index contributed by atoms with van der Waals surface area (Å²) in [4.78, 5) is 3.89. The van der Waals surface area contributed by atoms with E-state index in [4.69, 9.17) is 11.6 Å². The molecule has 0 unspecified atom stereocenters. The minimum absolute atomic E-state index is 0.435. The van der Waals surface area contributed by atoms with Crippen molar-refractivity contribution in [3.63, 3.8) is 0 Å².